The van der Waals surface area contributed by atoms with E-state index < -0.39 is 8.32 Å². The number of benzene rings is 4. The summed E-state index contributed by atoms with van der Waals surface area (Å²) in [5.74, 6) is 0.662. The Labute approximate surface area is 286 Å². The molecule has 4 aromatic rings. The Bertz CT molecular complexity index is 1580. The number of rotatable bonds is 10. The van der Waals surface area contributed by atoms with Crippen molar-refractivity contribution in [2.24, 2.45) is 11.8 Å². The van der Waals surface area contributed by atoms with E-state index in [1.807, 2.05) is 24.3 Å². The fourth-order valence-corrected chi connectivity index (χ4v) is 12.7. The summed E-state index contributed by atoms with van der Waals surface area (Å²) in [7, 11) is -2.81. The molecular formula is C40H45Cl2NO2Si. The molecule has 0 radical (unpaired) electrons. The van der Waals surface area contributed by atoms with E-state index in [2.05, 4.69) is 118 Å². The molecule has 4 aromatic carbocycles. The van der Waals surface area contributed by atoms with E-state index in [1.54, 1.807) is 0 Å². The van der Waals surface area contributed by atoms with Crippen molar-refractivity contribution >= 4 is 47.8 Å². The summed E-state index contributed by atoms with van der Waals surface area (Å²) in [5.41, 5.74) is 2.28. The smallest absolute Gasteiger partial charge is 0.261 e. The van der Waals surface area contributed by atoms with Gasteiger partial charge < -0.3 is 9.33 Å². The van der Waals surface area contributed by atoms with Crippen LogP contribution >= 0.6 is 23.2 Å². The Hall–Kier alpha value is -2.89. The van der Waals surface area contributed by atoms with E-state index in [0.717, 1.165) is 36.3 Å². The maximum Gasteiger partial charge on any atom is 0.261 e. The van der Waals surface area contributed by atoms with Crippen LogP contribution in [0.1, 0.15) is 76.5 Å². The molecule has 1 aliphatic heterocycles. The van der Waals surface area contributed by atoms with Gasteiger partial charge in [-0.25, -0.2) is 0 Å². The van der Waals surface area contributed by atoms with Crippen LogP contribution < -0.4 is 10.4 Å². The zero-order chi connectivity index (χ0) is 32.5. The number of carbonyl (C=O) groups excluding carboxylic acids is 1. The third-order valence-corrected chi connectivity index (χ3v) is 15.7. The monoisotopic (exact) mass is 669 g/mol. The largest absolute Gasteiger partial charge is 0.405 e. The van der Waals surface area contributed by atoms with E-state index in [0.29, 0.717) is 17.5 Å². The first-order chi connectivity index (χ1) is 22.1. The second-order valence-corrected chi connectivity index (χ2v) is 19.3. The minimum absolute atomic E-state index is 0.0501. The normalized spacial score (nSPS) is 21.3. The first-order valence-corrected chi connectivity index (χ1v) is 19.4. The average molecular weight is 671 g/mol. The molecule has 1 amide bonds. The molecule has 1 aliphatic carbocycles. The molecule has 240 valence electrons. The lowest BCUT2D eigenvalue weighted by atomic mass is 9.74. The molecule has 0 spiro atoms. The number of amides is 1. The van der Waals surface area contributed by atoms with E-state index in [1.165, 1.54) is 15.9 Å². The summed E-state index contributed by atoms with van der Waals surface area (Å²) in [4.78, 5) is 17.0. The van der Waals surface area contributed by atoms with Crippen molar-refractivity contribution in [3.05, 3.63) is 130 Å². The Morgan fingerprint density at radius 3 is 1.93 bits per heavy atom. The van der Waals surface area contributed by atoms with Gasteiger partial charge in [0, 0.05) is 21.9 Å². The quantitative estimate of drug-likeness (QED) is 0.157. The number of hydrogen-bond acceptors (Lipinski definition) is 2. The Kier molecular flexibility index (Phi) is 9.82. The average Bonchev–Trinajstić information content (AvgIpc) is 3.90. The second kappa shape index (κ2) is 13.7. The summed E-state index contributed by atoms with van der Waals surface area (Å²) in [6, 6.07) is 37.7. The summed E-state index contributed by atoms with van der Waals surface area (Å²) >= 11 is 13.0. The minimum Gasteiger partial charge on any atom is -0.405 e. The van der Waals surface area contributed by atoms with Crippen LogP contribution in [-0.4, -0.2) is 31.8 Å². The first-order valence-electron chi connectivity index (χ1n) is 16.7. The first kappa shape index (κ1) is 33.0. The van der Waals surface area contributed by atoms with Gasteiger partial charge in [0.15, 0.2) is 0 Å². The van der Waals surface area contributed by atoms with Crippen molar-refractivity contribution in [1.82, 2.24) is 4.90 Å². The maximum atomic E-state index is 14.7. The van der Waals surface area contributed by atoms with Crippen molar-refractivity contribution < 1.29 is 9.22 Å². The zero-order valence-corrected chi connectivity index (χ0v) is 29.8. The van der Waals surface area contributed by atoms with Gasteiger partial charge in [-0.3, -0.25) is 4.79 Å². The highest BCUT2D eigenvalue weighted by Gasteiger charge is 2.53. The molecule has 6 heteroatoms. The number of piperidine rings is 1. The number of halogens is 2. The molecule has 1 saturated heterocycles. The summed E-state index contributed by atoms with van der Waals surface area (Å²) in [6.07, 6.45) is 3.79. The lowest BCUT2D eigenvalue weighted by molar-refractivity contribution is -0.148. The molecule has 6 rings (SSSR count). The maximum absolute atomic E-state index is 14.7. The molecule has 1 saturated carbocycles. The van der Waals surface area contributed by atoms with E-state index in [-0.39, 0.29) is 34.9 Å². The third kappa shape index (κ3) is 6.47. The van der Waals surface area contributed by atoms with Crippen LogP contribution in [0.3, 0.4) is 0 Å². The molecule has 0 N–H and O–H groups in total. The Balaban J connectivity index is 1.48. The van der Waals surface area contributed by atoms with Crippen LogP contribution in [0.15, 0.2) is 109 Å². The fourth-order valence-electron chi connectivity index (χ4n) is 7.79. The van der Waals surface area contributed by atoms with Crippen LogP contribution in [0, 0.1) is 11.8 Å². The number of likely N-dealkylation sites (tertiary alicyclic amines) is 1. The standard InChI is InChI=1S/C40H45Cl2NO2Si/c1-5-28-26-36(31-13-12-14-33(42)25-31)38(30-21-23-32(41)24-22-30)43(39(28)44)37(29-19-20-29)27-45-46(40(2,3)4,34-15-8-6-9-16-34)35-17-10-7-11-18-35/h6-18,21-25,28-29,36-38H,5,19-20,26-27H2,1-4H3/t28?,36-,37?,38-/m1/s1. The summed E-state index contributed by atoms with van der Waals surface area (Å²) in [6.45, 7) is 9.58. The predicted octanol–water partition coefficient (Wildman–Crippen LogP) is 9.43. The van der Waals surface area contributed by atoms with Crippen LogP contribution in [0.5, 0.6) is 0 Å². The van der Waals surface area contributed by atoms with Gasteiger partial charge in [-0.05, 0) is 82.4 Å². The molecule has 2 aliphatic rings. The highest BCUT2D eigenvalue weighted by atomic mass is 35.5. The van der Waals surface area contributed by atoms with Gasteiger partial charge in [-0.1, -0.05) is 136 Å². The molecule has 2 unspecified atom stereocenters. The van der Waals surface area contributed by atoms with Crippen molar-refractivity contribution in [2.45, 2.75) is 76.4 Å². The molecule has 4 atom stereocenters. The topological polar surface area (TPSA) is 29.5 Å². The van der Waals surface area contributed by atoms with Gasteiger partial charge in [0.05, 0.1) is 18.7 Å². The van der Waals surface area contributed by atoms with Crippen LogP contribution in [0.4, 0.5) is 0 Å². The van der Waals surface area contributed by atoms with Crippen LogP contribution in [0.25, 0.3) is 0 Å². The van der Waals surface area contributed by atoms with Crippen LogP contribution in [0.2, 0.25) is 15.1 Å². The molecule has 1 heterocycles. The van der Waals surface area contributed by atoms with E-state index >= 15 is 0 Å². The number of hydrogen-bond donors (Lipinski definition) is 0. The summed E-state index contributed by atoms with van der Waals surface area (Å²) < 4.78 is 7.57. The van der Waals surface area contributed by atoms with Crippen molar-refractivity contribution in [1.29, 1.82) is 0 Å². The van der Waals surface area contributed by atoms with Crippen molar-refractivity contribution in [3.8, 4) is 0 Å². The predicted molar refractivity (Wildman–Crippen MR) is 194 cm³/mol. The second-order valence-electron chi connectivity index (χ2n) is 14.1. The van der Waals surface area contributed by atoms with Crippen molar-refractivity contribution in [3.63, 3.8) is 0 Å². The molecule has 46 heavy (non-hydrogen) atoms. The zero-order valence-electron chi connectivity index (χ0n) is 27.3. The number of nitrogens with zero attached hydrogens (tertiary/aromatic N) is 1. The number of carbonyl (C=O) groups is 1. The van der Waals surface area contributed by atoms with Gasteiger partial charge in [0.1, 0.15) is 0 Å². The molecule has 0 bridgehead atoms. The van der Waals surface area contributed by atoms with Gasteiger partial charge in [-0.2, -0.15) is 0 Å². The van der Waals surface area contributed by atoms with Crippen LogP contribution in [-0.2, 0) is 9.22 Å². The van der Waals surface area contributed by atoms with Gasteiger partial charge >= 0.3 is 0 Å². The summed E-state index contributed by atoms with van der Waals surface area (Å²) in [5, 5.41) is 3.77. The van der Waals surface area contributed by atoms with Crippen molar-refractivity contribution in [2.75, 3.05) is 6.61 Å². The lowest BCUT2D eigenvalue weighted by Crippen LogP contribution is -2.67. The molecule has 0 aromatic heterocycles. The molecule has 2 fully saturated rings. The van der Waals surface area contributed by atoms with Gasteiger partial charge in [0.2, 0.25) is 5.91 Å². The third-order valence-electron chi connectivity index (χ3n) is 10.2. The molecule has 3 nitrogen and oxygen atoms in total. The van der Waals surface area contributed by atoms with Gasteiger partial charge in [-0.15, -0.1) is 0 Å². The minimum atomic E-state index is -2.81. The molecular weight excluding hydrogens is 625 g/mol. The Morgan fingerprint density at radius 2 is 1.41 bits per heavy atom. The van der Waals surface area contributed by atoms with Gasteiger partial charge in [0.25, 0.3) is 8.32 Å². The highest BCUT2D eigenvalue weighted by molar-refractivity contribution is 6.99. The SMILES string of the molecule is CCC1C[C@H](c2cccc(Cl)c2)[C@@H](c2ccc(Cl)cc2)N(C(CO[Si](c2ccccc2)(c2ccccc2)C(C)(C)C)C2CC2)C1=O. The highest BCUT2D eigenvalue weighted by Crippen LogP contribution is 2.50. The fraction of sp³-hybridized carbons (Fsp3) is 0.375. The Morgan fingerprint density at radius 1 is 0.804 bits per heavy atom. The van der Waals surface area contributed by atoms with E-state index in [4.69, 9.17) is 27.6 Å². The lowest BCUT2D eigenvalue weighted by Gasteiger charge is -2.50. The van der Waals surface area contributed by atoms with E-state index in [9.17, 15) is 4.79 Å².